The van der Waals surface area contributed by atoms with Gasteiger partial charge in [0.25, 0.3) is 0 Å². The third-order valence-electron chi connectivity index (χ3n) is 8.58. The molecule has 0 aromatic heterocycles. The lowest BCUT2D eigenvalue weighted by Crippen LogP contribution is -2.38. The summed E-state index contributed by atoms with van der Waals surface area (Å²) in [6.07, 6.45) is 14.9. The molecule has 200 valence electrons. The number of hydrogen-bond donors (Lipinski definition) is 2. The van der Waals surface area contributed by atoms with Gasteiger partial charge in [-0.25, -0.2) is 0 Å². The van der Waals surface area contributed by atoms with E-state index in [0.717, 1.165) is 45.0 Å². The minimum Gasteiger partial charge on any atom is -0.390 e. The molecular formula is C30H56O4. The quantitative estimate of drug-likeness (QED) is 0.125. The normalized spacial score (nSPS) is 27.5. The molecule has 0 saturated carbocycles. The highest BCUT2D eigenvalue weighted by molar-refractivity contribution is 5.52. The van der Waals surface area contributed by atoms with E-state index in [-0.39, 0.29) is 30.0 Å². The lowest BCUT2D eigenvalue weighted by molar-refractivity contribution is -0.111. The van der Waals surface area contributed by atoms with Gasteiger partial charge in [-0.1, -0.05) is 79.2 Å². The summed E-state index contributed by atoms with van der Waals surface area (Å²) in [6, 6.07) is 0. The van der Waals surface area contributed by atoms with Crippen molar-refractivity contribution in [3.63, 3.8) is 0 Å². The Labute approximate surface area is 210 Å². The van der Waals surface area contributed by atoms with Gasteiger partial charge < -0.3 is 19.7 Å². The van der Waals surface area contributed by atoms with Crippen LogP contribution in [0, 0.1) is 29.6 Å². The summed E-state index contributed by atoms with van der Waals surface area (Å²) < 4.78 is 6.03. The van der Waals surface area contributed by atoms with Crippen LogP contribution >= 0.6 is 0 Å². The van der Waals surface area contributed by atoms with E-state index < -0.39 is 5.60 Å². The summed E-state index contributed by atoms with van der Waals surface area (Å²) in [5.41, 5.74) is 0.661. The molecule has 4 heteroatoms. The SMILES string of the molecule is CCOC1C(CCCCCCC(C)CCCC(C)(O)C(C)CCC(C)C=O)=CC(O)C(C)C1C. The van der Waals surface area contributed by atoms with Gasteiger partial charge in [0, 0.05) is 12.5 Å². The molecule has 8 atom stereocenters. The molecule has 0 spiro atoms. The molecule has 0 heterocycles. The van der Waals surface area contributed by atoms with Gasteiger partial charge in [-0.3, -0.25) is 0 Å². The second-order valence-corrected chi connectivity index (χ2v) is 11.7. The van der Waals surface area contributed by atoms with Crippen LogP contribution in [0.5, 0.6) is 0 Å². The van der Waals surface area contributed by atoms with Gasteiger partial charge in [-0.15, -0.1) is 0 Å². The third kappa shape index (κ3) is 10.9. The number of carbonyl (C=O) groups is 1. The van der Waals surface area contributed by atoms with E-state index in [1.807, 2.05) is 13.8 Å². The van der Waals surface area contributed by atoms with Crippen molar-refractivity contribution >= 4 is 6.29 Å². The average Bonchev–Trinajstić information content (AvgIpc) is 2.80. The molecule has 2 N–H and O–H groups in total. The number of aliphatic hydroxyl groups is 2. The monoisotopic (exact) mass is 480 g/mol. The topological polar surface area (TPSA) is 66.8 Å². The Kier molecular flexibility index (Phi) is 14.8. The van der Waals surface area contributed by atoms with Crippen molar-refractivity contribution < 1.29 is 19.7 Å². The number of rotatable bonds is 18. The Morgan fingerprint density at radius 3 is 2.29 bits per heavy atom. The van der Waals surface area contributed by atoms with Crippen molar-refractivity contribution in [1.82, 2.24) is 0 Å². The molecule has 1 rings (SSSR count). The van der Waals surface area contributed by atoms with Crippen molar-refractivity contribution in [2.24, 2.45) is 29.6 Å². The van der Waals surface area contributed by atoms with Crippen molar-refractivity contribution in [3.8, 4) is 0 Å². The zero-order valence-corrected chi connectivity index (χ0v) is 23.4. The van der Waals surface area contributed by atoms with Crippen LogP contribution < -0.4 is 0 Å². The van der Waals surface area contributed by atoms with Crippen molar-refractivity contribution in [2.45, 2.75) is 137 Å². The number of carbonyl (C=O) groups excluding carboxylic acids is 1. The Morgan fingerprint density at radius 2 is 1.65 bits per heavy atom. The maximum atomic E-state index is 10.8. The van der Waals surface area contributed by atoms with Gasteiger partial charge in [0.2, 0.25) is 0 Å². The summed E-state index contributed by atoms with van der Waals surface area (Å²) >= 11 is 0. The van der Waals surface area contributed by atoms with E-state index in [2.05, 4.69) is 40.7 Å². The highest BCUT2D eigenvalue weighted by Crippen LogP contribution is 2.34. The van der Waals surface area contributed by atoms with E-state index in [9.17, 15) is 15.0 Å². The molecule has 0 radical (unpaired) electrons. The summed E-state index contributed by atoms with van der Waals surface area (Å²) in [6.45, 7) is 15.5. The van der Waals surface area contributed by atoms with Gasteiger partial charge in [-0.05, 0) is 75.2 Å². The molecule has 1 aliphatic carbocycles. The fourth-order valence-electron chi connectivity index (χ4n) is 5.32. The van der Waals surface area contributed by atoms with E-state index in [1.54, 1.807) is 0 Å². The van der Waals surface area contributed by atoms with Crippen molar-refractivity contribution in [2.75, 3.05) is 6.61 Å². The predicted molar refractivity (Wildman–Crippen MR) is 143 cm³/mol. The number of unbranched alkanes of at least 4 members (excludes halogenated alkanes) is 3. The standard InChI is InChI=1S/C30H56O4/c1-8-34-29-26(6)25(5)28(32)20-27(29)16-12-10-9-11-14-22(2)15-13-19-30(7,33)24(4)18-17-23(3)21-31/h20-26,28-29,32-33H,8-19H2,1-7H3. The van der Waals surface area contributed by atoms with Gasteiger partial charge in [0.1, 0.15) is 6.29 Å². The highest BCUT2D eigenvalue weighted by Gasteiger charge is 2.34. The van der Waals surface area contributed by atoms with Crippen LogP contribution in [-0.4, -0.2) is 40.9 Å². The van der Waals surface area contributed by atoms with Crippen LogP contribution in [0.1, 0.15) is 119 Å². The fraction of sp³-hybridized carbons (Fsp3) is 0.900. The second-order valence-electron chi connectivity index (χ2n) is 11.7. The lowest BCUT2D eigenvalue weighted by Gasteiger charge is -2.37. The lowest BCUT2D eigenvalue weighted by atomic mass is 9.76. The summed E-state index contributed by atoms with van der Waals surface area (Å²) in [7, 11) is 0. The maximum absolute atomic E-state index is 10.8. The van der Waals surface area contributed by atoms with Crippen LogP contribution in [0.2, 0.25) is 0 Å². The minimum absolute atomic E-state index is 0.0858. The van der Waals surface area contributed by atoms with E-state index in [1.165, 1.54) is 44.1 Å². The first-order valence-electron chi connectivity index (χ1n) is 14.2. The van der Waals surface area contributed by atoms with Crippen LogP contribution in [0.4, 0.5) is 0 Å². The van der Waals surface area contributed by atoms with Gasteiger partial charge in [-0.2, -0.15) is 0 Å². The molecule has 8 unspecified atom stereocenters. The number of aliphatic hydroxyl groups excluding tert-OH is 1. The molecule has 0 bridgehead atoms. The fourth-order valence-corrected chi connectivity index (χ4v) is 5.32. The zero-order valence-electron chi connectivity index (χ0n) is 23.4. The average molecular weight is 481 g/mol. The van der Waals surface area contributed by atoms with Gasteiger partial charge >= 0.3 is 0 Å². The minimum atomic E-state index is -0.641. The van der Waals surface area contributed by atoms with Crippen molar-refractivity contribution in [1.29, 1.82) is 0 Å². The Hall–Kier alpha value is -0.710. The first-order valence-corrected chi connectivity index (χ1v) is 14.2. The zero-order chi connectivity index (χ0) is 25.7. The van der Waals surface area contributed by atoms with E-state index in [4.69, 9.17) is 4.74 Å². The molecule has 1 aliphatic rings. The second kappa shape index (κ2) is 16.1. The predicted octanol–water partition coefficient (Wildman–Crippen LogP) is 7.11. The summed E-state index contributed by atoms with van der Waals surface area (Å²) in [4.78, 5) is 10.8. The molecular weight excluding hydrogens is 424 g/mol. The molecule has 0 aromatic rings. The Balaban J connectivity index is 2.22. The van der Waals surface area contributed by atoms with Crippen LogP contribution in [0.25, 0.3) is 0 Å². The largest absolute Gasteiger partial charge is 0.390 e. The van der Waals surface area contributed by atoms with E-state index >= 15 is 0 Å². The van der Waals surface area contributed by atoms with Crippen molar-refractivity contribution in [3.05, 3.63) is 11.6 Å². The smallest absolute Gasteiger partial charge is 0.122 e. The molecule has 4 nitrogen and oxygen atoms in total. The van der Waals surface area contributed by atoms with E-state index in [0.29, 0.717) is 11.8 Å². The molecule has 0 saturated heterocycles. The first kappa shape index (κ1) is 31.3. The first-order chi connectivity index (χ1) is 16.0. The molecule has 0 fully saturated rings. The van der Waals surface area contributed by atoms with Gasteiger partial charge in [0.15, 0.2) is 0 Å². The van der Waals surface area contributed by atoms with Crippen LogP contribution in [0.15, 0.2) is 11.6 Å². The molecule has 34 heavy (non-hydrogen) atoms. The Bertz CT molecular complexity index is 584. The number of hydrogen-bond acceptors (Lipinski definition) is 4. The van der Waals surface area contributed by atoms with Gasteiger partial charge in [0.05, 0.1) is 17.8 Å². The number of aldehydes is 1. The maximum Gasteiger partial charge on any atom is 0.122 e. The third-order valence-corrected chi connectivity index (χ3v) is 8.58. The molecule has 0 amide bonds. The van der Waals surface area contributed by atoms with Crippen LogP contribution in [-0.2, 0) is 9.53 Å². The Morgan fingerprint density at radius 1 is 1.00 bits per heavy atom. The summed E-state index contributed by atoms with van der Waals surface area (Å²) in [5, 5.41) is 21.2. The molecule has 0 aliphatic heterocycles. The highest BCUT2D eigenvalue weighted by atomic mass is 16.5. The molecule has 0 aromatic carbocycles. The summed E-state index contributed by atoms with van der Waals surface area (Å²) in [5.74, 6) is 1.61. The van der Waals surface area contributed by atoms with Crippen LogP contribution in [0.3, 0.4) is 0 Å². The number of ether oxygens (including phenoxy) is 1.